The predicted octanol–water partition coefficient (Wildman–Crippen LogP) is 4.00. The first kappa shape index (κ1) is 10.2. The van der Waals surface area contributed by atoms with Gasteiger partial charge >= 0.3 is 97.3 Å². The number of hydrogen-bond donors (Lipinski definition) is 0. The van der Waals surface area contributed by atoms with Crippen LogP contribution in [0.25, 0.3) is 0 Å². The van der Waals surface area contributed by atoms with Gasteiger partial charge < -0.3 is 0 Å². The van der Waals surface area contributed by atoms with Crippen LogP contribution in [0.15, 0.2) is 43.0 Å². The summed E-state index contributed by atoms with van der Waals surface area (Å²) in [6, 6.07) is 0. The van der Waals surface area contributed by atoms with Crippen molar-refractivity contribution >= 4 is 5.20 Å². The molecule has 15 heavy (non-hydrogen) atoms. The summed E-state index contributed by atoms with van der Waals surface area (Å²) in [5, 5.41) is -0.777. The first-order valence-electron chi connectivity index (χ1n) is 5.89. The van der Waals surface area contributed by atoms with Crippen LogP contribution in [0.5, 0.6) is 0 Å². The van der Waals surface area contributed by atoms with Crippen molar-refractivity contribution in [1.29, 1.82) is 0 Å². The van der Waals surface area contributed by atoms with Gasteiger partial charge in [-0.05, 0) is 0 Å². The zero-order valence-electron chi connectivity index (χ0n) is 9.59. The van der Waals surface area contributed by atoms with Crippen molar-refractivity contribution in [2.24, 2.45) is 0 Å². The van der Waals surface area contributed by atoms with Crippen molar-refractivity contribution in [2.45, 2.75) is 29.7 Å². The van der Waals surface area contributed by atoms with E-state index in [4.69, 9.17) is 0 Å². The molecule has 0 bridgehead atoms. The Labute approximate surface area is 96.8 Å². The molecule has 0 amide bonds. The molecule has 2 aliphatic carbocycles. The fourth-order valence-electron chi connectivity index (χ4n) is 3.45. The van der Waals surface area contributed by atoms with Crippen molar-refractivity contribution < 1.29 is 19.4 Å². The molecule has 0 nitrogen and oxygen atoms in total. The van der Waals surface area contributed by atoms with E-state index in [0.717, 1.165) is 0 Å². The first-order chi connectivity index (χ1) is 7.17. The van der Waals surface area contributed by atoms with Gasteiger partial charge in [0.05, 0.1) is 0 Å². The van der Waals surface area contributed by atoms with Crippen molar-refractivity contribution in [3.8, 4) is 0 Å². The molecular formula is C13H18SiZr. The van der Waals surface area contributed by atoms with E-state index in [1.54, 1.807) is 3.75 Å². The van der Waals surface area contributed by atoms with Crippen LogP contribution in [0, 0.1) is 0 Å². The van der Waals surface area contributed by atoms with E-state index in [0.29, 0.717) is 0 Å². The van der Waals surface area contributed by atoms with Crippen LogP contribution in [0.3, 0.4) is 0 Å². The van der Waals surface area contributed by atoms with Crippen LogP contribution < -0.4 is 0 Å². The number of allylic oxidation sites excluding steroid dienone is 8. The molecule has 2 heteroatoms. The summed E-state index contributed by atoms with van der Waals surface area (Å²) < 4.78 is 5.51. The second kappa shape index (κ2) is 3.28. The summed E-state index contributed by atoms with van der Waals surface area (Å²) in [5.41, 5.74) is 0. The molecule has 1 heterocycles. The molecule has 1 saturated heterocycles. The molecule has 1 fully saturated rings. The number of rotatable bonds is 2. The molecule has 0 unspecified atom stereocenters. The van der Waals surface area contributed by atoms with Crippen LogP contribution >= 0.6 is 0 Å². The Kier molecular flexibility index (Phi) is 2.23. The van der Waals surface area contributed by atoms with Crippen molar-refractivity contribution in [2.75, 3.05) is 0 Å². The standard InChI is InChI=1S/2C5H5.C3H8Si.Zr/c2*1-2-4-5-3-1;1-4(2)3;/h2*1-3H,4H2;1H2,2-3H3;. The summed E-state index contributed by atoms with van der Waals surface area (Å²) in [6.45, 7) is 5.28. The molecule has 0 aromatic heterocycles. The molecule has 0 N–H and O–H groups in total. The molecule has 78 valence electrons. The van der Waals surface area contributed by atoms with Gasteiger partial charge in [0, 0.05) is 0 Å². The van der Waals surface area contributed by atoms with E-state index in [2.05, 4.69) is 49.6 Å². The van der Waals surface area contributed by atoms with Crippen LogP contribution in [-0.2, 0) is 19.4 Å². The summed E-state index contributed by atoms with van der Waals surface area (Å²) in [5.74, 6) is 0. The van der Waals surface area contributed by atoms with E-state index < -0.39 is 24.6 Å². The normalized spacial score (nSPS) is 29.2. The van der Waals surface area contributed by atoms with Gasteiger partial charge in [0.1, 0.15) is 0 Å². The van der Waals surface area contributed by atoms with Crippen LogP contribution in [0.4, 0.5) is 0 Å². The quantitative estimate of drug-likeness (QED) is 0.675. The molecule has 0 saturated carbocycles. The van der Waals surface area contributed by atoms with Gasteiger partial charge in [-0.25, -0.2) is 0 Å². The Hall–Kier alpha value is 0.0600. The fourth-order valence-corrected chi connectivity index (χ4v) is 53.5. The second-order valence-corrected chi connectivity index (χ2v) is 35.0. The second-order valence-electron chi connectivity index (χ2n) is 5.61. The monoisotopic (exact) mass is 292 g/mol. The fraction of sp³-hybridized carbons (Fsp3) is 0.385. The van der Waals surface area contributed by atoms with Gasteiger partial charge in [0.25, 0.3) is 0 Å². The van der Waals surface area contributed by atoms with Gasteiger partial charge in [0.2, 0.25) is 0 Å². The molecule has 3 aliphatic rings. The van der Waals surface area contributed by atoms with E-state index in [-0.39, 0.29) is 0 Å². The van der Waals surface area contributed by atoms with E-state index >= 15 is 0 Å². The molecule has 3 rings (SSSR count). The Bertz CT molecular complexity index is 394. The third-order valence-electron chi connectivity index (χ3n) is 4.38. The Morgan fingerprint density at radius 3 is 1.73 bits per heavy atom. The predicted molar refractivity (Wildman–Crippen MR) is 66.0 cm³/mol. The Balaban J connectivity index is 1.98. The minimum atomic E-state index is -1.91. The summed E-state index contributed by atoms with van der Waals surface area (Å²) in [4.78, 5) is 0. The molecule has 0 atom stereocenters. The zero-order valence-corrected chi connectivity index (χ0v) is 13.0. The van der Waals surface area contributed by atoms with E-state index in [1.807, 2.05) is 6.56 Å². The molecule has 0 spiro atoms. The zero-order chi connectivity index (χ0) is 10.5. The van der Waals surface area contributed by atoms with E-state index in [9.17, 15) is 0 Å². The van der Waals surface area contributed by atoms with Gasteiger partial charge in [-0.3, -0.25) is 0 Å². The average Bonchev–Trinajstić information content (AvgIpc) is 2.80. The van der Waals surface area contributed by atoms with Crippen molar-refractivity contribution in [1.82, 2.24) is 0 Å². The van der Waals surface area contributed by atoms with Gasteiger partial charge in [-0.1, -0.05) is 0 Å². The van der Waals surface area contributed by atoms with Gasteiger partial charge in [-0.15, -0.1) is 0 Å². The first-order valence-corrected chi connectivity index (χ1v) is 17.0. The van der Waals surface area contributed by atoms with Crippen LogP contribution in [0.1, 0.15) is 12.8 Å². The van der Waals surface area contributed by atoms with Crippen LogP contribution in [-0.4, -0.2) is 5.20 Å². The maximum absolute atomic E-state index is 2.64. The van der Waals surface area contributed by atoms with Gasteiger partial charge in [-0.2, -0.15) is 0 Å². The van der Waals surface area contributed by atoms with Crippen molar-refractivity contribution in [3.05, 3.63) is 43.0 Å². The molecule has 0 aromatic carbocycles. The summed E-state index contributed by atoms with van der Waals surface area (Å²) in [7, 11) is 0. The third-order valence-corrected chi connectivity index (χ3v) is 44.5. The Morgan fingerprint density at radius 1 is 1.00 bits per heavy atom. The Morgan fingerprint density at radius 2 is 1.47 bits per heavy atom. The van der Waals surface area contributed by atoms with Crippen molar-refractivity contribution in [3.63, 3.8) is 0 Å². The maximum atomic E-state index is 2.64. The average molecular weight is 294 g/mol. The number of hydrogen-bond acceptors (Lipinski definition) is 0. The van der Waals surface area contributed by atoms with Gasteiger partial charge in [0.15, 0.2) is 0 Å². The summed E-state index contributed by atoms with van der Waals surface area (Å²) in [6.07, 6.45) is 16.8. The molecule has 1 aliphatic heterocycles. The molecule has 0 radical (unpaired) electrons. The van der Waals surface area contributed by atoms with E-state index in [1.165, 1.54) is 12.8 Å². The molecule has 0 aromatic rings. The van der Waals surface area contributed by atoms with Crippen LogP contribution in [0.2, 0.25) is 16.8 Å². The third kappa shape index (κ3) is 1.34. The molecular weight excluding hydrogens is 275 g/mol. The minimum absolute atomic E-state index is 0.777. The summed E-state index contributed by atoms with van der Waals surface area (Å²) >= 11 is -1.91. The SMILES string of the molecule is C[Si]1(C)[CH2][Zr]1([C]1=CC=CC1)[C]1=CC=CC1. The topological polar surface area (TPSA) is 0 Å².